The number of rotatable bonds is 22. The number of hydrogen-bond donors (Lipinski definition) is 5. The first-order chi connectivity index (χ1) is 26.6. The van der Waals surface area contributed by atoms with Gasteiger partial charge in [-0.1, -0.05) is 59.6 Å². The lowest BCUT2D eigenvalue weighted by molar-refractivity contribution is -0.153. The summed E-state index contributed by atoms with van der Waals surface area (Å²) in [4.78, 5) is 74.3. The van der Waals surface area contributed by atoms with Gasteiger partial charge >= 0.3 is 11.9 Å². The first kappa shape index (κ1) is 46.7. The highest BCUT2D eigenvalue weighted by atomic mass is 32.1. The van der Waals surface area contributed by atoms with Crippen LogP contribution in [-0.4, -0.2) is 112 Å². The number of thiol groups is 1. The molecule has 312 valence electrons. The van der Waals surface area contributed by atoms with Crippen LogP contribution in [0.1, 0.15) is 107 Å². The minimum absolute atomic E-state index is 0.0687. The fourth-order valence-corrected chi connectivity index (χ4v) is 7.85. The molecule has 0 aliphatic carbocycles. The monoisotopic (exact) mass is 819 g/mol. The Balaban J connectivity index is 1.91. The van der Waals surface area contributed by atoms with Crippen LogP contribution in [0.15, 0.2) is 29.6 Å². The van der Waals surface area contributed by atoms with Gasteiger partial charge in [-0.25, -0.2) is 4.98 Å². The van der Waals surface area contributed by atoms with Crippen molar-refractivity contribution in [2.24, 2.45) is 17.8 Å². The van der Waals surface area contributed by atoms with E-state index in [1.54, 1.807) is 29.3 Å². The van der Waals surface area contributed by atoms with Gasteiger partial charge in [-0.15, -0.1) is 11.3 Å². The molecule has 1 aliphatic heterocycles. The van der Waals surface area contributed by atoms with Gasteiger partial charge in [-0.2, -0.15) is 12.6 Å². The van der Waals surface area contributed by atoms with Crippen LogP contribution in [0.5, 0.6) is 5.75 Å². The number of thiazole rings is 1. The molecule has 0 saturated carbocycles. The lowest BCUT2D eigenvalue weighted by Crippen LogP contribution is -2.59. The number of ether oxygens (including phenoxy) is 2. The van der Waals surface area contributed by atoms with E-state index in [0.29, 0.717) is 30.0 Å². The topological polar surface area (TPSA) is 188 Å². The Labute approximate surface area is 340 Å². The third kappa shape index (κ3) is 14.0. The molecule has 4 N–H and O–H groups in total. The van der Waals surface area contributed by atoms with Crippen LogP contribution >= 0.6 is 24.0 Å². The number of aromatic hydroxyl groups is 1. The van der Waals surface area contributed by atoms with Crippen LogP contribution in [-0.2, 0) is 35.1 Å². The van der Waals surface area contributed by atoms with Gasteiger partial charge in [0.05, 0.1) is 18.6 Å². The average molecular weight is 820 g/mol. The first-order valence-corrected chi connectivity index (χ1v) is 21.0. The zero-order valence-electron chi connectivity index (χ0n) is 33.7. The molecule has 1 fully saturated rings. The van der Waals surface area contributed by atoms with E-state index in [1.807, 2.05) is 39.6 Å². The number of carbonyl (C=O) groups excluding carboxylic acids is 4. The number of aromatic nitrogens is 1. The van der Waals surface area contributed by atoms with E-state index in [4.69, 9.17) is 9.47 Å². The normalized spacial score (nSPS) is 17.9. The second-order valence-electron chi connectivity index (χ2n) is 15.2. The number of phenols is 1. The Morgan fingerprint density at radius 1 is 1.07 bits per heavy atom. The second-order valence-corrected chi connectivity index (χ2v) is 16.5. The van der Waals surface area contributed by atoms with Crippen LogP contribution < -0.4 is 10.6 Å². The summed E-state index contributed by atoms with van der Waals surface area (Å²) in [5.41, 5.74) is 0.868. The molecule has 14 nitrogen and oxygen atoms in total. The molecular weight excluding hydrogens is 759 g/mol. The zero-order valence-corrected chi connectivity index (χ0v) is 35.4. The maximum atomic E-state index is 14.7. The predicted octanol–water partition coefficient (Wildman–Crippen LogP) is 5.07. The molecule has 1 saturated heterocycles. The Morgan fingerprint density at radius 2 is 1.77 bits per heavy atom. The van der Waals surface area contributed by atoms with Gasteiger partial charge in [-0.05, 0) is 68.8 Å². The van der Waals surface area contributed by atoms with Crippen LogP contribution in [0, 0.1) is 17.8 Å². The number of carboxylic acids is 1. The quantitative estimate of drug-likeness (QED) is 0.0462. The van der Waals surface area contributed by atoms with Gasteiger partial charge in [-0.3, -0.25) is 28.9 Å². The number of piperidine rings is 1. The van der Waals surface area contributed by atoms with E-state index >= 15 is 0 Å². The zero-order chi connectivity index (χ0) is 41.5. The summed E-state index contributed by atoms with van der Waals surface area (Å²) < 4.78 is 11.7. The number of benzene rings is 1. The molecule has 7 atom stereocenters. The van der Waals surface area contributed by atoms with Crippen molar-refractivity contribution in [1.82, 2.24) is 25.4 Å². The number of hydrogen-bond acceptors (Lipinski definition) is 12. The standard InChI is InChI=1S/C40H61N5O9S2/c1-8-25(4)35(43-37(49)32-11-9-10-16-44(32)7)39(50)45(23-53-17-18-55)33(24(2)3)21-34(54-27(6)46)38-42-31(22-56-38)36(48)41-29(19-26(5)40(51)52)20-28-12-14-30(47)15-13-28/h12-15,22,24-26,29,32-35,47,55H,8-11,16-21,23H2,1-7H3,(H,41,48)(H,43,49)(H,51,52)/t25?,26-,29+,32+,33+,34+,35-/m0/s1. The highest BCUT2D eigenvalue weighted by molar-refractivity contribution is 7.80. The second kappa shape index (κ2) is 22.9. The lowest BCUT2D eigenvalue weighted by Gasteiger charge is -2.39. The number of phenolic OH excluding ortho intramolecular Hbond substituents is 1. The van der Waals surface area contributed by atoms with E-state index in [0.717, 1.165) is 36.3 Å². The first-order valence-electron chi connectivity index (χ1n) is 19.5. The van der Waals surface area contributed by atoms with Crippen molar-refractivity contribution < 1.29 is 43.7 Å². The average Bonchev–Trinajstić information content (AvgIpc) is 3.65. The number of likely N-dealkylation sites (N-methyl/N-ethyl adjacent to an activating group) is 1. The molecule has 1 aliphatic rings. The summed E-state index contributed by atoms with van der Waals surface area (Å²) in [5.74, 6) is -3.15. The summed E-state index contributed by atoms with van der Waals surface area (Å²) in [7, 11) is 1.93. The number of esters is 1. The minimum atomic E-state index is -0.993. The van der Waals surface area contributed by atoms with Crippen LogP contribution in [0.3, 0.4) is 0 Å². The Bertz CT molecular complexity index is 1590. The molecule has 1 aromatic carbocycles. The summed E-state index contributed by atoms with van der Waals surface area (Å²) in [5, 5.41) is 27.2. The fourth-order valence-electron chi connectivity index (χ4n) is 6.88. The van der Waals surface area contributed by atoms with Gasteiger partial charge < -0.3 is 35.2 Å². The van der Waals surface area contributed by atoms with Crippen molar-refractivity contribution in [3.05, 3.63) is 45.9 Å². The third-order valence-corrected chi connectivity index (χ3v) is 11.5. The number of nitrogens with one attached hydrogen (secondary N) is 2. The van der Waals surface area contributed by atoms with Gasteiger partial charge in [0.15, 0.2) is 6.10 Å². The minimum Gasteiger partial charge on any atom is -0.508 e. The van der Waals surface area contributed by atoms with Crippen molar-refractivity contribution in [3.63, 3.8) is 0 Å². The van der Waals surface area contributed by atoms with Gasteiger partial charge in [0.25, 0.3) is 5.91 Å². The van der Waals surface area contributed by atoms with E-state index in [-0.39, 0.29) is 67.3 Å². The number of likely N-dealkylation sites (tertiary alicyclic amines) is 1. The number of amides is 3. The number of aliphatic carboxylic acids is 1. The van der Waals surface area contributed by atoms with Gasteiger partial charge in [0.1, 0.15) is 29.2 Å². The molecule has 3 rings (SSSR count). The molecule has 1 aromatic heterocycles. The molecular formula is C40H61N5O9S2. The molecule has 0 spiro atoms. The van der Waals surface area contributed by atoms with Crippen molar-refractivity contribution in [2.45, 2.75) is 117 Å². The molecule has 2 aromatic rings. The van der Waals surface area contributed by atoms with Gasteiger partial charge in [0, 0.05) is 36.6 Å². The van der Waals surface area contributed by atoms with E-state index < -0.39 is 48.0 Å². The Kier molecular flexibility index (Phi) is 19.1. The SMILES string of the molecule is CCC(C)[C@H](NC(=O)[C@H]1CCCCN1C)C(=O)N(COCCS)[C@H](C[C@@H](OC(C)=O)c1nc(C(=O)N[C@@H](Cc2ccc(O)cc2)C[C@H](C)C(=O)O)cs1)C(C)C. The Hall–Kier alpha value is -3.73. The molecule has 56 heavy (non-hydrogen) atoms. The maximum Gasteiger partial charge on any atom is 0.306 e. The molecule has 1 unspecified atom stereocenters. The van der Waals surface area contributed by atoms with Crippen LogP contribution in [0.25, 0.3) is 0 Å². The molecule has 0 bridgehead atoms. The molecule has 2 heterocycles. The highest BCUT2D eigenvalue weighted by Crippen LogP contribution is 2.32. The summed E-state index contributed by atoms with van der Waals surface area (Å²) >= 11 is 5.42. The summed E-state index contributed by atoms with van der Waals surface area (Å²) in [6, 6.07) is 4.21. The maximum absolute atomic E-state index is 14.7. The molecule has 0 radical (unpaired) electrons. The highest BCUT2D eigenvalue weighted by Gasteiger charge is 2.39. The molecule has 16 heteroatoms. The largest absolute Gasteiger partial charge is 0.508 e. The third-order valence-electron chi connectivity index (χ3n) is 10.4. The van der Waals surface area contributed by atoms with Crippen molar-refractivity contribution in [3.8, 4) is 5.75 Å². The number of carboxylic acid groups (broad SMARTS) is 1. The smallest absolute Gasteiger partial charge is 0.306 e. The van der Waals surface area contributed by atoms with E-state index in [9.17, 15) is 34.2 Å². The van der Waals surface area contributed by atoms with Crippen molar-refractivity contribution in [1.29, 1.82) is 0 Å². The van der Waals surface area contributed by atoms with Crippen molar-refractivity contribution >= 4 is 53.6 Å². The van der Waals surface area contributed by atoms with E-state index in [1.165, 1.54) is 19.1 Å². The van der Waals surface area contributed by atoms with E-state index in [2.05, 4.69) is 28.2 Å². The number of nitrogens with zero attached hydrogens (tertiary/aromatic N) is 3. The van der Waals surface area contributed by atoms with Crippen LogP contribution in [0.4, 0.5) is 0 Å². The fraction of sp³-hybridized carbons (Fsp3) is 0.650. The molecule has 3 amide bonds. The van der Waals surface area contributed by atoms with Crippen LogP contribution in [0.2, 0.25) is 0 Å². The number of carbonyl (C=O) groups is 5. The summed E-state index contributed by atoms with van der Waals surface area (Å²) in [6.07, 6.45) is 2.98. The Morgan fingerprint density at radius 3 is 2.36 bits per heavy atom. The van der Waals surface area contributed by atoms with Crippen molar-refractivity contribution in [2.75, 3.05) is 32.7 Å². The lowest BCUT2D eigenvalue weighted by atomic mass is 9.92. The predicted molar refractivity (Wildman–Crippen MR) is 218 cm³/mol. The van der Waals surface area contributed by atoms with Gasteiger partial charge in [0.2, 0.25) is 11.8 Å². The summed E-state index contributed by atoms with van der Waals surface area (Å²) in [6.45, 7) is 11.7.